The van der Waals surface area contributed by atoms with Crippen molar-refractivity contribution in [3.63, 3.8) is 0 Å². The van der Waals surface area contributed by atoms with Crippen LogP contribution in [0.3, 0.4) is 0 Å². The van der Waals surface area contributed by atoms with Gasteiger partial charge in [0, 0.05) is 13.6 Å². The molecule has 0 fully saturated rings. The predicted octanol–water partition coefficient (Wildman–Crippen LogP) is 1.47. The van der Waals surface area contributed by atoms with Crippen molar-refractivity contribution in [1.82, 2.24) is 4.90 Å². The number of alkyl halides is 2. The van der Waals surface area contributed by atoms with Gasteiger partial charge in [0.1, 0.15) is 0 Å². The first-order valence-electron chi connectivity index (χ1n) is 5.17. The maximum atomic E-state index is 12.1. The molecule has 0 aliphatic carbocycles. The fourth-order valence-corrected chi connectivity index (χ4v) is 1.62. The van der Waals surface area contributed by atoms with E-state index in [9.17, 15) is 13.6 Å². The minimum Gasteiger partial charge on any atom is -0.340 e. The highest BCUT2D eigenvalue weighted by Crippen LogP contribution is 2.27. The molecule has 0 spiro atoms. The van der Waals surface area contributed by atoms with Gasteiger partial charge in [-0.15, -0.1) is 0 Å². The van der Waals surface area contributed by atoms with E-state index < -0.39 is 18.4 Å². The Morgan fingerprint density at radius 2 is 1.87 bits per heavy atom. The van der Waals surface area contributed by atoms with E-state index in [2.05, 4.69) is 0 Å². The number of nitrogens with two attached hydrogens (primary N) is 1. The summed E-state index contributed by atoms with van der Waals surface area (Å²) < 4.78 is 24.2. The zero-order valence-corrected chi connectivity index (χ0v) is 9.59. The van der Waals surface area contributed by atoms with Crippen LogP contribution in [0.1, 0.15) is 26.7 Å². The maximum absolute atomic E-state index is 12.1. The Balaban J connectivity index is 4.63. The third-order valence-corrected chi connectivity index (χ3v) is 2.96. The number of hydrogen-bond donors (Lipinski definition) is 1. The molecule has 90 valence electrons. The van der Waals surface area contributed by atoms with Gasteiger partial charge in [0.25, 0.3) is 6.43 Å². The Morgan fingerprint density at radius 1 is 1.40 bits per heavy atom. The largest absolute Gasteiger partial charge is 0.340 e. The van der Waals surface area contributed by atoms with Gasteiger partial charge in [0.05, 0.1) is 12.0 Å². The summed E-state index contributed by atoms with van der Waals surface area (Å²) in [5.41, 5.74) is 4.89. The van der Waals surface area contributed by atoms with Crippen LogP contribution in [-0.4, -0.2) is 37.4 Å². The van der Waals surface area contributed by atoms with Crippen molar-refractivity contribution in [2.45, 2.75) is 33.1 Å². The lowest BCUT2D eigenvalue weighted by atomic mass is 9.81. The van der Waals surface area contributed by atoms with E-state index in [0.717, 1.165) is 4.90 Å². The second-order valence-electron chi connectivity index (χ2n) is 3.77. The van der Waals surface area contributed by atoms with Gasteiger partial charge in [-0.05, 0) is 12.8 Å². The topological polar surface area (TPSA) is 46.3 Å². The van der Waals surface area contributed by atoms with Crippen LogP contribution in [0, 0.1) is 5.41 Å². The van der Waals surface area contributed by atoms with E-state index >= 15 is 0 Å². The summed E-state index contributed by atoms with van der Waals surface area (Å²) in [5.74, 6) is -0.282. The van der Waals surface area contributed by atoms with E-state index in [1.54, 1.807) is 0 Å². The molecule has 0 heterocycles. The minimum atomic E-state index is -2.50. The fourth-order valence-electron chi connectivity index (χ4n) is 1.62. The SMILES string of the molecule is CCC(CC)(CN)C(=O)N(C)CC(F)F. The third kappa shape index (κ3) is 3.41. The summed E-state index contributed by atoms with van der Waals surface area (Å²) in [4.78, 5) is 13.0. The predicted molar refractivity (Wildman–Crippen MR) is 55.7 cm³/mol. The van der Waals surface area contributed by atoms with E-state index in [4.69, 9.17) is 5.73 Å². The zero-order chi connectivity index (χ0) is 12.1. The molecular formula is C10H20F2N2O. The molecule has 0 saturated carbocycles. The van der Waals surface area contributed by atoms with E-state index in [1.807, 2.05) is 13.8 Å². The highest BCUT2D eigenvalue weighted by atomic mass is 19.3. The van der Waals surface area contributed by atoms with Gasteiger partial charge in [0.2, 0.25) is 5.91 Å². The van der Waals surface area contributed by atoms with Crippen LogP contribution >= 0.6 is 0 Å². The van der Waals surface area contributed by atoms with Crippen LogP contribution < -0.4 is 5.73 Å². The van der Waals surface area contributed by atoms with Crippen LogP contribution in [0.4, 0.5) is 8.78 Å². The molecule has 0 aliphatic heterocycles. The molecule has 1 amide bonds. The molecule has 0 rings (SSSR count). The standard InChI is InChI=1S/C10H20F2N2O/c1-4-10(5-2,7-13)9(15)14(3)6-8(11)12/h8H,4-7,13H2,1-3H3. The van der Waals surface area contributed by atoms with Crippen LogP contribution in [0.15, 0.2) is 0 Å². The summed E-state index contributed by atoms with van der Waals surface area (Å²) in [6.45, 7) is 3.38. The van der Waals surface area contributed by atoms with Gasteiger partial charge in [-0.1, -0.05) is 13.8 Å². The number of amides is 1. The van der Waals surface area contributed by atoms with E-state index in [-0.39, 0.29) is 12.5 Å². The van der Waals surface area contributed by atoms with Crippen LogP contribution in [0.5, 0.6) is 0 Å². The van der Waals surface area contributed by atoms with Crippen molar-refractivity contribution < 1.29 is 13.6 Å². The highest BCUT2D eigenvalue weighted by Gasteiger charge is 2.36. The number of carbonyl (C=O) groups is 1. The molecule has 0 unspecified atom stereocenters. The molecule has 5 heteroatoms. The molecule has 3 nitrogen and oxygen atoms in total. The van der Waals surface area contributed by atoms with Crippen molar-refractivity contribution >= 4 is 5.91 Å². The van der Waals surface area contributed by atoms with Gasteiger partial charge in [0.15, 0.2) is 0 Å². The van der Waals surface area contributed by atoms with Gasteiger partial charge in [-0.3, -0.25) is 4.79 Å². The fraction of sp³-hybridized carbons (Fsp3) is 0.900. The van der Waals surface area contributed by atoms with Crippen molar-refractivity contribution in [2.24, 2.45) is 11.1 Å². The first kappa shape index (κ1) is 14.3. The van der Waals surface area contributed by atoms with Crippen molar-refractivity contribution in [1.29, 1.82) is 0 Å². The number of rotatable bonds is 6. The first-order valence-corrected chi connectivity index (χ1v) is 5.17. The van der Waals surface area contributed by atoms with Gasteiger partial charge in [-0.25, -0.2) is 8.78 Å². The second kappa shape index (κ2) is 6.00. The Labute approximate surface area is 89.6 Å². The number of nitrogens with zero attached hydrogens (tertiary/aromatic N) is 1. The normalized spacial score (nSPS) is 11.9. The number of carbonyl (C=O) groups excluding carboxylic acids is 1. The molecule has 15 heavy (non-hydrogen) atoms. The third-order valence-electron chi connectivity index (χ3n) is 2.96. The summed E-state index contributed by atoms with van der Waals surface area (Å²) in [6.07, 6.45) is -1.35. The molecule has 0 aliphatic rings. The molecule has 2 N–H and O–H groups in total. The minimum absolute atomic E-state index is 0.201. The summed E-state index contributed by atoms with van der Waals surface area (Å²) in [7, 11) is 1.39. The quantitative estimate of drug-likeness (QED) is 0.739. The molecule has 0 aromatic rings. The van der Waals surface area contributed by atoms with Crippen LogP contribution in [-0.2, 0) is 4.79 Å². The lowest BCUT2D eigenvalue weighted by Crippen LogP contribution is -2.47. The molecule has 0 saturated heterocycles. The maximum Gasteiger partial charge on any atom is 0.255 e. The lowest BCUT2D eigenvalue weighted by Gasteiger charge is -2.33. The summed E-state index contributed by atoms with van der Waals surface area (Å²) in [5, 5.41) is 0. The van der Waals surface area contributed by atoms with Crippen molar-refractivity contribution in [3.8, 4) is 0 Å². The molecule has 0 aromatic carbocycles. The Hall–Kier alpha value is -0.710. The zero-order valence-electron chi connectivity index (χ0n) is 9.59. The van der Waals surface area contributed by atoms with Gasteiger partial charge >= 0.3 is 0 Å². The van der Waals surface area contributed by atoms with E-state index in [1.165, 1.54) is 7.05 Å². The Morgan fingerprint density at radius 3 is 2.13 bits per heavy atom. The Bertz CT molecular complexity index is 197. The number of hydrogen-bond acceptors (Lipinski definition) is 2. The summed E-state index contributed by atoms with van der Waals surface area (Å²) in [6, 6.07) is 0. The van der Waals surface area contributed by atoms with Gasteiger partial charge in [-0.2, -0.15) is 0 Å². The van der Waals surface area contributed by atoms with E-state index in [0.29, 0.717) is 12.8 Å². The van der Waals surface area contributed by atoms with Crippen LogP contribution in [0.25, 0.3) is 0 Å². The Kier molecular flexibility index (Phi) is 5.72. The molecule has 0 radical (unpaired) electrons. The van der Waals surface area contributed by atoms with Gasteiger partial charge < -0.3 is 10.6 Å². The lowest BCUT2D eigenvalue weighted by molar-refractivity contribution is -0.142. The average Bonchev–Trinajstić information content (AvgIpc) is 2.20. The van der Waals surface area contributed by atoms with Crippen molar-refractivity contribution in [3.05, 3.63) is 0 Å². The number of halogens is 2. The molecule has 0 bridgehead atoms. The molecular weight excluding hydrogens is 202 g/mol. The smallest absolute Gasteiger partial charge is 0.255 e. The molecule has 0 aromatic heterocycles. The van der Waals surface area contributed by atoms with Crippen molar-refractivity contribution in [2.75, 3.05) is 20.1 Å². The van der Waals surface area contributed by atoms with Crippen LogP contribution in [0.2, 0.25) is 0 Å². The summed E-state index contributed by atoms with van der Waals surface area (Å²) >= 11 is 0. The first-order chi connectivity index (χ1) is 6.93. The monoisotopic (exact) mass is 222 g/mol. The molecule has 0 atom stereocenters. The second-order valence-corrected chi connectivity index (χ2v) is 3.77. The highest BCUT2D eigenvalue weighted by molar-refractivity contribution is 5.82. The average molecular weight is 222 g/mol.